The molecule has 2 aromatic rings. The van der Waals surface area contributed by atoms with Crippen molar-refractivity contribution in [3.8, 4) is 6.07 Å². The smallest absolute Gasteiger partial charge is 0.120 e. The highest BCUT2D eigenvalue weighted by atomic mass is 32.1. The number of morpholine rings is 1. The van der Waals surface area contributed by atoms with Gasteiger partial charge in [-0.3, -0.25) is 4.90 Å². The topological polar surface area (TPSA) is 53.2 Å². The molecular formula is C18H24N4OS. The molecule has 1 aliphatic heterocycles. The van der Waals surface area contributed by atoms with Crippen molar-refractivity contribution < 1.29 is 4.74 Å². The molecule has 1 N–H and O–H groups in total. The zero-order chi connectivity index (χ0) is 16.9. The first-order chi connectivity index (χ1) is 11.7. The van der Waals surface area contributed by atoms with Gasteiger partial charge in [-0.25, -0.2) is 0 Å². The van der Waals surface area contributed by atoms with E-state index >= 15 is 0 Å². The van der Waals surface area contributed by atoms with Gasteiger partial charge in [-0.1, -0.05) is 6.07 Å². The highest BCUT2D eigenvalue weighted by Crippen LogP contribution is 2.25. The number of aromatic nitrogens is 1. The number of rotatable bonds is 6. The Labute approximate surface area is 147 Å². The largest absolute Gasteiger partial charge is 0.379 e. The monoisotopic (exact) mass is 344 g/mol. The van der Waals surface area contributed by atoms with Gasteiger partial charge in [0.05, 0.1) is 19.3 Å². The fraction of sp³-hybridized carbons (Fsp3) is 0.500. The van der Waals surface area contributed by atoms with E-state index < -0.39 is 0 Å². The second-order valence-electron chi connectivity index (χ2n) is 6.12. The average Bonchev–Trinajstić information content (AvgIpc) is 3.23. The molecule has 3 rings (SSSR count). The Morgan fingerprint density at radius 3 is 2.83 bits per heavy atom. The van der Waals surface area contributed by atoms with E-state index in [0.29, 0.717) is 11.7 Å². The molecule has 5 nitrogen and oxygen atoms in total. The molecule has 1 aliphatic rings. The van der Waals surface area contributed by atoms with Gasteiger partial charge in [-0.2, -0.15) is 5.26 Å². The van der Waals surface area contributed by atoms with Crippen LogP contribution < -0.4 is 5.32 Å². The maximum atomic E-state index is 9.16. The van der Waals surface area contributed by atoms with Crippen LogP contribution in [0, 0.1) is 18.3 Å². The summed E-state index contributed by atoms with van der Waals surface area (Å²) < 4.78 is 7.45. The second kappa shape index (κ2) is 7.95. The highest BCUT2D eigenvalue weighted by Gasteiger charge is 2.23. The van der Waals surface area contributed by atoms with Crippen LogP contribution in [-0.2, 0) is 18.3 Å². The molecule has 1 fully saturated rings. The van der Waals surface area contributed by atoms with Gasteiger partial charge in [0, 0.05) is 43.8 Å². The number of nitrogens with one attached hydrogen (secondary N) is 1. The van der Waals surface area contributed by atoms with Gasteiger partial charge in [0.15, 0.2) is 0 Å². The Bertz CT molecular complexity index is 695. The summed E-state index contributed by atoms with van der Waals surface area (Å²) in [6.45, 7) is 7.33. The lowest BCUT2D eigenvalue weighted by atomic mass is 10.1. The summed E-state index contributed by atoms with van der Waals surface area (Å²) >= 11 is 1.81. The van der Waals surface area contributed by atoms with Crippen molar-refractivity contribution in [2.45, 2.75) is 19.5 Å². The minimum atomic E-state index is 0.383. The molecule has 1 atom stereocenters. The van der Waals surface area contributed by atoms with Gasteiger partial charge in [-0.05, 0) is 30.0 Å². The average molecular weight is 344 g/mol. The number of nitrogens with zero attached hydrogens (tertiary/aromatic N) is 3. The summed E-state index contributed by atoms with van der Waals surface area (Å²) in [4.78, 5) is 3.90. The van der Waals surface area contributed by atoms with Crippen LogP contribution in [0.2, 0.25) is 0 Å². The Kier molecular flexibility index (Phi) is 5.69. The van der Waals surface area contributed by atoms with Crippen molar-refractivity contribution in [2.24, 2.45) is 7.05 Å². The Morgan fingerprint density at radius 1 is 1.42 bits per heavy atom. The summed E-state index contributed by atoms with van der Waals surface area (Å²) in [5.74, 6) is 0. The van der Waals surface area contributed by atoms with E-state index in [1.807, 2.05) is 29.0 Å². The SMILES string of the molecule is Cc1c(CNCC(c2cccs2)N2CCOCC2)cc(C#N)n1C. The summed E-state index contributed by atoms with van der Waals surface area (Å²) in [6, 6.07) is 8.95. The molecule has 3 heterocycles. The molecule has 6 heteroatoms. The minimum absolute atomic E-state index is 0.383. The van der Waals surface area contributed by atoms with Gasteiger partial charge in [0.2, 0.25) is 0 Å². The van der Waals surface area contributed by atoms with Gasteiger partial charge >= 0.3 is 0 Å². The first-order valence-electron chi connectivity index (χ1n) is 8.32. The van der Waals surface area contributed by atoms with E-state index in [0.717, 1.165) is 45.1 Å². The summed E-state index contributed by atoms with van der Waals surface area (Å²) in [6.07, 6.45) is 0. The first-order valence-corrected chi connectivity index (χ1v) is 9.20. The summed E-state index contributed by atoms with van der Waals surface area (Å²) in [5.41, 5.74) is 3.06. The Hall–Kier alpha value is -1.65. The predicted molar refractivity (Wildman–Crippen MR) is 96.0 cm³/mol. The third-order valence-electron chi connectivity index (χ3n) is 4.77. The van der Waals surface area contributed by atoms with E-state index in [2.05, 4.69) is 40.7 Å². The molecule has 0 radical (unpaired) electrons. The number of thiophene rings is 1. The minimum Gasteiger partial charge on any atom is -0.379 e. The van der Waals surface area contributed by atoms with Crippen LogP contribution in [0.25, 0.3) is 0 Å². The van der Waals surface area contributed by atoms with Gasteiger partial charge in [0.1, 0.15) is 11.8 Å². The highest BCUT2D eigenvalue weighted by molar-refractivity contribution is 7.10. The number of hydrogen-bond acceptors (Lipinski definition) is 5. The normalized spacial score (nSPS) is 16.9. The molecular weight excluding hydrogens is 320 g/mol. The summed E-state index contributed by atoms with van der Waals surface area (Å²) in [5, 5.41) is 14.9. The second-order valence-corrected chi connectivity index (χ2v) is 7.10. The molecule has 0 saturated carbocycles. The zero-order valence-electron chi connectivity index (χ0n) is 14.3. The van der Waals surface area contributed by atoms with Crippen molar-refractivity contribution in [3.05, 3.63) is 45.4 Å². The van der Waals surface area contributed by atoms with Crippen LogP contribution in [0.15, 0.2) is 23.6 Å². The van der Waals surface area contributed by atoms with Crippen LogP contribution in [0.1, 0.15) is 27.9 Å². The van der Waals surface area contributed by atoms with Crippen molar-refractivity contribution in [1.29, 1.82) is 5.26 Å². The van der Waals surface area contributed by atoms with E-state index in [-0.39, 0.29) is 0 Å². The lowest BCUT2D eigenvalue weighted by Gasteiger charge is -2.34. The maximum Gasteiger partial charge on any atom is 0.120 e. The quantitative estimate of drug-likeness (QED) is 0.874. The first kappa shape index (κ1) is 17.2. The molecule has 24 heavy (non-hydrogen) atoms. The van der Waals surface area contributed by atoms with Crippen molar-refractivity contribution in [1.82, 2.24) is 14.8 Å². The molecule has 0 spiro atoms. The zero-order valence-corrected chi connectivity index (χ0v) is 15.1. The van der Waals surface area contributed by atoms with Gasteiger partial charge < -0.3 is 14.6 Å². The predicted octanol–water partition coefficient (Wildman–Crippen LogP) is 2.43. The molecule has 0 aromatic carbocycles. The lowest BCUT2D eigenvalue weighted by molar-refractivity contribution is 0.0168. The molecule has 128 valence electrons. The Morgan fingerprint density at radius 2 is 2.21 bits per heavy atom. The fourth-order valence-corrected chi connectivity index (χ4v) is 4.03. The van der Waals surface area contributed by atoms with Crippen LogP contribution in [0.5, 0.6) is 0 Å². The summed E-state index contributed by atoms with van der Waals surface area (Å²) in [7, 11) is 1.94. The third-order valence-corrected chi connectivity index (χ3v) is 5.74. The molecule has 0 aliphatic carbocycles. The standard InChI is InChI=1S/C18H24N4OS/c1-14-15(10-16(11-19)21(14)2)12-20-13-17(18-4-3-9-24-18)22-5-7-23-8-6-22/h3-4,9-10,17,20H,5-8,12-13H2,1-2H3. The fourth-order valence-electron chi connectivity index (χ4n) is 3.17. The van der Waals surface area contributed by atoms with Crippen molar-refractivity contribution in [3.63, 3.8) is 0 Å². The van der Waals surface area contributed by atoms with E-state index in [9.17, 15) is 0 Å². The van der Waals surface area contributed by atoms with Crippen LogP contribution in [0.3, 0.4) is 0 Å². The van der Waals surface area contributed by atoms with Crippen molar-refractivity contribution >= 4 is 11.3 Å². The number of ether oxygens (including phenoxy) is 1. The molecule has 0 bridgehead atoms. The molecule has 0 amide bonds. The van der Waals surface area contributed by atoms with Crippen LogP contribution in [-0.4, -0.2) is 42.3 Å². The number of nitriles is 1. The van der Waals surface area contributed by atoms with Crippen LogP contribution >= 0.6 is 11.3 Å². The van der Waals surface area contributed by atoms with Gasteiger partial charge in [0.25, 0.3) is 0 Å². The molecule has 2 aromatic heterocycles. The van der Waals surface area contributed by atoms with E-state index in [1.165, 1.54) is 10.4 Å². The lowest BCUT2D eigenvalue weighted by Crippen LogP contribution is -2.42. The van der Waals surface area contributed by atoms with Crippen LogP contribution in [0.4, 0.5) is 0 Å². The molecule has 1 unspecified atom stereocenters. The maximum absolute atomic E-state index is 9.16. The molecule has 1 saturated heterocycles. The third kappa shape index (κ3) is 3.70. The van der Waals surface area contributed by atoms with E-state index in [4.69, 9.17) is 10.00 Å². The number of hydrogen-bond donors (Lipinski definition) is 1. The Balaban J connectivity index is 1.65. The van der Waals surface area contributed by atoms with Crippen molar-refractivity contribution in [2.75, 3.05) is 32.8 Å². The van der Waals surface area contributed by atoms with E-state index in [1.54, 1.807) is 0 Å². The van der Waals surface area contributed by atoms with Gasteiger partial charge in [-0.15, -0.1) is 11.3 Å².